The molecule has 586 valence electrons. The fraction of sp³-hybridized carbons (Fsp3) is 0.0517. The van der Waals surface area contributed by atoms with E-state index in [-0.39, 0.29) is 35.9 Å². The molecule has 6 unspecified atom stereocenters. The number of benzene rings is 8. The average Bonchev–Trinajstić information content (AvgIpc) is 1.26. The van der Waals surface area contributed by atoms with E-state index in [4.69, 9.17) is 20.0 Å². The molecule has 3 aliphatic heterocycles. The zero-order valence-corrected chi connectivity index (χ0v) is 68.0. The maximum atomic E-state index is 5.12. The number of allylic oxidation sites excluding steroid dienone is 36. The molecule has 7 heterocycles. The number of rotatable bonds is 10. The van der Waals surface area contributed by atoms with E-state index < -0.39 is 0 Å². The van der Waals surface area contributed by atoms with E-state index in [1.165, 1.54) is 167 Å². The third-order valence-electron chi connectivity index (χ3n) is 26.8. The lowest BCUT2D eigenvalue weighted by atomic mass is 9.65. The number of nitrogens with zero attached hydrogens (tertiary/aromatic N) is 9. The van der Waals surface area contributed by atoms with E-state index in [9.17, 15) is 0 Å². The van der Waals surface area contributed by atoms with Crippen LogP contribution in [0.25, 0.3) is 77.9 Å². The minimum atomic E-state index is 0.0317. The van der Waals surface area contributed by atoms with Crippen molar-refractivity contribution in [3.8, 4) is 22.8 Å². The lowest BCUT2D eigenvalue weighted by molar-refractivity contribution is 0.786. The first-order valence-corrected chi connectivity index (χ1v) is 43.1. The third-order valence-corrected chi connectivity index (χ3v) is 26.8. The third kappa shape index (κ3) is 11.9. The zero-order valence-electron chi connectivity index (χ0n) is 68.0. The molecular formula is C116H77N9. The van der Waals surface area contributed by atoms with Crippen LogP contribution < -0.4 is 4.90 Å². The quantitative estimate of drug-likeness (QED) is 0.136. The van der Waals surface area contributed by atoms with Gasteiger partial charge < -0.3 is 9.47 Å². The maximum absolute atomic E-state index is 5.12. The molecule has 0 saturated carbocycles. The Morgan fingerprint density at radius 1 is 0.288 bits per heavy atom. The van der Waals surface area contributed by atoms with Crippen LogP contribution >= 0.6 is 0 Å². The monoisotopic (exact) mass is 1600 g/mol. The minimum Gasteiger partial charge on any atom is -0.310 e. The Bertz CT molecular complexity index is 7580. The van der Waals surface area contributed by atoms with Crippen LogP contribution in [0.3, 0.4) is 0 Å². The van der Waals surface area contributed by atoms with Gasteiger partial charge in [0.15, 0.2) is 0 Å². The second-order valence-corrected chi connectivity index (χ2v) is 33.5. The van der Waals surface area contributed by atoms with Gasteiger partial charge in [-0.15, -0.1) is 0 Å². The number of pyridine rings is 2. The lowest BCUT2D eigenvalue weighted by Crippen LogP contribution is -2.29. The van der Waals surface area contributed by atoms with Gasteiger partial charge in [0.25, 0.3) is 0 Å². The summed E-state index contributed by atoms with van der Waals surface area (Å²) in [4.78, 5) is 30.5. The predicted octanol–water partition coefficient (Wildman–Crippen LogP) is 25.8. The van der Waals surface area contributed by atoms with Crippen LogP contribution in [0.15, 0.2) is 529 Å². The second-order valence-electron chi connectivity index (χ2n) is 33.5. The van der Waals surface area contributed by atoms with Crippen LogP contribution in [0.1, 0.15) is 22.3 Å². The highest BCUT2D eigenvalue weighted by Gasteiger charge is 2.43. The lowest BCUT2D eigenvalue weighted by Gasteiger charge is -2.40. The number of hydrogen-bond donors (Lipinski definition) is 0. The van der Waals surface area contributed by atoms with Gasteiger partial charge in [-0.05, 0) is 266 Å². The number of para-hydroxylation sites is 5. The van der Waals surface area contributed by atoms with Crippen LogP contribution in [0.5, 0.6) is 0 Å². The smallest absolute Gasteiger partial charge is 0.145 e. The van der Waals surface area contributed by atoms with Crippen molar-refractivity contribution in [2.75, 3.05) is 4.90 Å². The highest BCUT2D eigenvalue weighted by Crippen LogP contribution is 2.56. The highest BCUT2D eigenvalue weighted by atomic mass is 15.1. The Labute approximate surface area is 724 Å². The number of hydrogen-bond acceptors (Lipinski definition) is 7. The molecule has 12 aromatic rings. The molecule has 15 aliphatic rings. The summed E-state index contributed by atoms with van der Waals surface area (Å²) in [6.07, 6.45) is 72.5. The molecule has 0 N–H and O–H groups in total. The maximum Gasteiger partial charge on any atom is 0.145 e. The Morgan fingerprint density at radius 3 is 1.22 bits per heavy atom. The summed E-state index contributed by atoms with van der Waals surface area (Å²) in [5.74, 6) is 1.67. The number of aromatic nitrogens is 5. The van der Waals surface area contributed by atoms with Crippen molar-refractivity contribution in [1.29, 1.82) is 0 Å². The first-order valence-electron chi connectivity index (χ1n) is 43.1. The highest BCUT2D eigenvalue weighted by molar-refractivity contribution is 6.12. The van der Waals surface area contributed by atoms with Gasteiger partial charge in [0, 0.05) is 106 Å². The number of aliphatic imine (C=N–C) groups is 3. The molecule has 9 nitrogen and oxygen atoms in total. The van der Waals surface area contributed by atoms with Crippen molar-refractivity contribution in [2.24, 2.45) is 32.7 Å². The summed E-state index contributed by atoms with van der Waals surface area (Å²) < 4.78 is 4.64. The normalized spacial score (nSPS) is 21.4. The van der Waals surface area contributed by atoms with E-state index >= 15 is 0 Å². The van der Waals surface area contributed by atoms with Crippen LogP contribution in [0, 0.1) is 17.8 Å². The minimum absolute atomic E-state index is 0.0317. The molecule has 0 amide bonds. The van der Waals surface area contributed by atoms with Gasteiger partial charge >= 0.3 is 0 Å². The summed E-state index contributed by atoms with van der Waals surface area (Å²) in [6, 6.07) is 82.0. The van der Waals surface area contributed by atoms with E-state index in [1.54, 1.807) is 0 Å². The van der Waals surface area contributed by atoms with Crippen LogP contribution in [-0.2, 0) is 0 Å². The molecule has 0 saturated heterocycles. The molecular weight excluding hydrogens is 1520 g/mol. The van der Waals surface area contributed by atoms with Crippen molar-refractivity contribution in [3.63, 3.8) is 0 Å². The Hall–Kier alpha value is -16.1. The van der Waals surface area contributed by atoms with Crippen molar-refractivity contribution >= 4 is 90.8 Å². The van der Waals surface area contributed by atoms with Crippen molar-refractivity contribution in [1.82, 2.24) is 24.1 Å². The first-order chi connectivity index (χ1) is 62.0. The molecule has 27 rings (SSSR count). The first kappa shape index (κ1) is 71.8. The van der Waals surface area contributed by atoms with Gasteiger partial charge in [0.05, 0.1) is 22.1 Å². The van der Waals surface area contributed by atoms with Gasteiger partial charge in [-0.3, -0.25) is 29.5 Å². The Balaban J connectivity index is 0.000000103. The Kier molecular flexibility index (Phi) is 16.9. The number of anilines is 3. The molecule has 6 atom stereocenters. The number of imidazole rings is 1. The van der Waals surface area contributed by atoms with E-state index in [2.05, 4.69) is 382 Å². The fourth-order valence-corrected chi connectivity index (χ4v) is 21.1. The van der Waals surface area contributed by atoms with Gasteiger partial charge in [0.2, 0.25) is 0 Å². The summed E-state index contributed by atoms with van der Waals surface area (Å²) in [7, 11) is 0. The fourth-order valence-electron chi connectivity index (χ4n) is 21.1. The summed E-state index contributed by atoms with van der Waals surface area (Å²) in [5.41, 5.74) is 45.1. The van der Waals surface area contributed by atoms with E-state index in [1.807, 2.05) is 73.6 Å². The van der Waals surface area contributed by atoms with Crippen LogP contribution in [0.4, 0.5) is 17.1 Å². The topological polar surface area (TPSA) is 88.9 Å². The van der Waals surface area contributed by atoms with Crippen LogP contribution in [-0.4, -0.2) is 60.9 Å². The summed E-state index contributed by atoms with van der Waals surface area (Å²) in [6.45, 7) is 0. The van der Waals surface area contributed by atoms with Gasteiger partial charge in [0.1, 0.15) is 23.9 Å². The molecule has 8 aromatic carbocycles. The van der Waals surface area contributed by atoms with Crippen LogP contribution in [0.2, 0.25) is 0 Å². The summed E-state index contributed by atoms with van der Waals surface area (Å²) >= 11 is 0. The van der Waals surface area contributed by atoms with E-state index in [0.29, 0.717) is 0 Å². The molecule has 0 spiro atoms. The second kappa shape index (κ2) is 29.4. The summed E-state index contributed by atoms with van der Waals surface area (Å²) in [5, 5.41) is 2.58. The van der Waals surface area contributed by atoms with E-state index in [0.717, 1.165) is 50.7 Å². The standard InChI is InChI=1S/C44H29N3.C37H24N2.C35H24N4/c1-3-9-28(10-4-1)34-26-33-25-32-21-23-37-36(22-19-30-20-24-38(42(32)41(30)37)43(33)45-27-34)29-15-17-31(18-16-29)44-46-39-13-7-8-14-40(39)47(44)35-11-5-2-6-12-35;1-3-9-33-29(7-1)30-8-2-4-10-34(30)39(33)27-16-11-23(12-17-27)28-18-13-24-14-20-32-36-25(15-19-31(28)35(24)36)22-26-6-5-21-38-37(26)32;1-2-26-22-25-7-11-31-30(10-5-24-6-12-32(34(25)33(24)31)35(26)38-17-1)23-3-8-27(9-4-23)39(28-13-18-36-19-14-28)29-15-20-37-21-16-29/h1-27,41,43H;1-22,35,37H;1-22,33,35H. The van der Waals surface area contributed by atoms with Crippen molar-refractivity contribution in [3.05, 3.63) is 536 Å². The van der Waals surface area contributed by atoms with Gasteiger partial charge in [-0.2, -0.15) is 0 Å². The molecule has 0 radical (unpaired) electrons. The number of dihydropyridines is 3. The molecule has 0 bridgehead atoms. The Morgan fingerprint density at radius 2 is 0.704 bits per heavy atom. The van der Waals surface area contributed by atoms with Crippen molar-refractivity contribution < 1.29 is 0 Å². The molecule has 0 fully saturated rings. The number of fused-ring (bicyclic) bond motifs is 10. The predicted molar refractivity (Wildman–Crippen MR) is 513 cm³/mol. The largest absolute Gasteiger partial charge is 0.310 e. The van der Waals surface area contributed by atoms with Gasteiger partial charge in [-0.25, -0.2) is 4.98 Å². The molecule has 9 heteroatoms. The van der Waals surface area contributed by atoms with Crippen molar-refractivity contribution in [2.45, 2.75) is 18.1 Å². The zero-order chi connectivity index (χ0) is 82.2. The molecule has 125 heavy (non-hydrogen) atoms. The average molecular weight is 1600 g/mol. The SMILES string of the molecule is C1=CC(c2ccc(-c3nc4ccccc4n3-c3ccccc3)cc2)=C2C=CC3=C4C(=CC=C1C24)C1N=CC(c2ccccc2)=CC1=C3.C1=CC2=CC3=C4C(=CC=C5C=CC(c6ccc(-n7c8ccccc8c8ccccc87)cc6)=C(C=C3)C54)C2N=C1.C1=CC2=CC3=C4C(=CC=C5C=CC(c6ccc(N(c7ccncc7)c7ccncc7)cc6)=C(C=C3)C54)C2N=C1. The molecule has 12 aliphatic carbocycles. The van der Waals surface area contributed by atoms with Gasteiger partial charge in [-0.1, -0.05) is 267 Å². The molecule has 4 aromatic heterocycles.